The second-order valence-electron chi connectivity index (χ2n) is 5.83. The molecule has 1 saturated heterocycles. The normalized spacial score (nSPS) is 27.2. The first kappa shape index (κ1) is 25.4. The van der Waals surface area contributed by atoms with Gasteiger partial charge in [-0.3, -0.25) is 28.0 Å². The minimum absolute atomic E-state index is 0.0682. The molecule has 0 radical (unpaired) electrons. The van der Waals surface area contributed by atoms with Gasteiger partial charge < -0.3 is 18.9 Å². The van der Waals surface area contributed by atoms with Crippen LogP contribution in [0.25, 0.3) is 0 Å². The van der Waals surface area contributed by atoms with E-state index < -0.39 is 63.1 Å². The number of hydrogen-bond acceptors (Lipinski definition) is 11. The number of esters is 3. The van der Waals surface area contributed by atoms with Crippen LogP contribution in [-0.2, 0) is 51.5 Å². The van der Waals surface area contributed by atoms with Gasteiger partial charge in [-0.2, -0.15) is 0 Å². The Bertz CT molecular complexity index is 618. The van der Waals surface area contributed by atoms with E-state index in [1.54, 1.807) is 0 Å². The van der Waals surface area contributed by atoms with Gasteiger partial charge in [-0.05, 0) is 13.8 Å². The standard InChI is InChI=1S/C16H26FO11P/c1-6-23-29(21,24-7-2)28-16-13(17)15(26-11(5)20)14(25-10(4)19)12(27-16)8-22-9(3)18/h12-16H,6-8H2,1-5H3/t12-,13+,14-,15-,16-/m1/s1. The Kier molecular flexibility index (Phi) is 10.1. The molecule has 1 heterocycles. The first-order chi connectivity index (χ1) is 13.5. The summed E-state index contributed by atoms with van der Waals surface area (Å²) >= 11 is 0. The van der Waals surface area contributed by atoms with Crippen LogP contribution in [0.2, 0.25) is 0 Å². The number of halogens is 1. The molecule has 0 amide bonds. The van der Waals surface area contributed by atoms with Crippen LogP contribution in [0.5, 0.6) is 0 Å². The molecule has 29 heavy (non-hydrogen) atoms. The van der Waals surface area contributed by atoms with E-state index in [2.05, 4.69) is 0 Å². The van der Waals surface area contributed by atoms with Crippen molar-refractivity contribution in [2.24, 2.45) is 0 Å². The molecule has 1 aliphatic rings. The number of phosphoric ester groups is 1. The number of hydrogen-bond donors (Lipinski definition) is 0. The Hall–Kier alpha value is -1.59. The Morgan fingerprint density at radius 1 is 0.931 bits per heavy atom. The highest BCUT2D eigenvalue weighted by Crippen LogP contribution is 2.52. The van der Waals surface area contributed by atoms with E-state index in [1.165, 1.54) is 13.8 Å². The Morgan fingerprint density at radius 3 is 1.90 bits per heavy atom. The topological polar surface area (TPSA) is 133 Å². The van der Waals surface area contributed by atoms with Crippen LogP contribution in [0.15, 0.2) is 0 Å². The zero-order valence-corrected chi connectivity index (χ0v) is 17.7. The van der Waals surface area contributed by atoms with Crippen LogP contribution in [-0.4, -0.2) is 68.5 Å². The lowest BCUT2D eigenvalue weighted by molar-refractivity contribution is -0.275. The van der Waals surface area contributed by atoms with E-state index >= 15 is 4.39 Å². The van der Waals surface area contributed by atoms with Gasteiger partial charge in [0.1, 0.15) is 12.7 Å². The second kappa shape index (κ2) is 11.6. The molecule has 0 N–H and O–H groups in total. The summed E-state index contributed by atoms with van der Waals surface area (Å²) in [6.45, 7) is 5.62. The van der Waals surface area contributed by atoms with Gasteiger partial charge in [0, 0.05) is 20.8 Å². The summed E-state index contributed by atoms with van der Waals surface area (Å²) in [6, 6.07) is 0. The lowest BCUT2D eigenvalue weighted by atomic mass is 9.99. The number of phosphoric acid groups is 1. The zero-order chi connectivity index (χ0) is 22.2. The Balaban J connectivity index is 3.20. The summed E-state index contributed by atoms with van der Waals surface area (Å²) < 4.78 is 62.9. The van der Waals surface area contributed by atoms with E-state index in [4.69, 9.17) is 32.5 Å². The fourth-order valence-corrected chi connectivity index (χ4v) is 3.74. The van der Waals surface area contributed by atoms with E-state index in [1.807, 2.05) is 0 Å². The molecule has 1 rings (SSSR count). The van der Waals surface area contributed by atoms with Crippen LogP contribution in [0.1, 0.15) is 34.6 Å². The van der Waals surface area contributed by atoms with Crippen LogP contribution >= 0.6 is 7.82 Å². The summed E-state index contributed by atoms with van der Waals surface area (Å²) in [5.41, 5.74) is 0. The van der Waals surface area contributed by atoms with Crippen molar-refractivity contribution in [3.05, 3.63) is 0 Å². The van der Waals surface area contributed by atoms with Gasteiger partial charge in [-0.1, -0.05) is 0 Å². The lowest BCUT2D eigenvalue weighted by Crippen LogP contribution is -2.60. The van der Waals surface area contributed by atoms with Crippen LogP contribution in [0, 0.1) is 0 Å². The van der Waals surface area contributed by atoms with Gasteiger partial charge in [-0.15, -0.1) is 0 Å². The smallest absolute Gasteiger partial charge is 0.463 e. The van der Waals surface area contributed by atoms with E-state index in [0.29, 0.717) is 0 Å². The Labute approximate surface area is 167 Å². The molecule has 0 bridgehead atoms. The molecule has 0 aromatic heterocycles. The van der Waals surface area contributed by atoms with Gasteiger partial charge >= 0.3 is 25.7 Å². The molecular formula is C16H26FO11P. The summed E-state index contributed by atoms with van der Waals surface area (Å²) in [4.78, 5) is 34.1. The summed E-state index contributed by atoms with van der Waals surface area (Å²) in [7, 11) is -4.22. The first-order valence-corrected chi connectivity index (χ1v) is 10.3. The molecule has 5 atom stereocenters. The summed E-state index contributed by atoms with van der Waals surface area (Å²) in [5.74, 6) is -2.38. The third-order valence-electron chi connectivity index (χ3n) is 3.44. The molecule has 0 spiro atoms. The number of carbonyl (C=O) groups excluding carboxylic acids is 3. The molecule has 0 aliphatic carbocycles. The number of alkyl halides is 1. The largest absolute Gasteiger partial charge is 0.477 e. The average molecular weight is 444 g/mol. The zero-order valence-electron chi connectivity index (χ0n) is 16.8. The van der Waals surface area contributed by atoms with Crippen molar-refractivity contribution in [1.29, 1.82) is 0 Å². The van der Waals surface area contributed by atoms with Crippen molar-refractivity contribution < 1.29 is 55.9 Å². The lowest BCUT2D eigenvalue weighted by Gasteiger charge is -2.42. The maximum atomic E-state index is 15.1. The molecular weight excluding hydrogens is 418 g/mol. The van der Waals surface area contributed by atoms with E-state index in [0.717, 1.165) is 20.8 Å². The SMILES string of the molecule is CCOP(=O)(OCC)O[C@H]1O[C@H](COC(C)=O)[C@@H](OC(C)=O)[C@H](OC(C)=O)[C@@H]1F. The first-order valence-electron chi connectivity index (χ1n) is 8.87. The molecule has 1 aliphatic heterocycles. The number of rotatable bonds is 10. The van der Waals surface area contributed by atoms with Gasteiger partial charge in [0.05, 0.1) is 13.2 Å². The molecule has 0 saturated carbocycles. The third-order valence-corrected chi connectivity index (χ3v) is 5.05. The average Bonchev–Trinajstić information content (AvgIpc) is 2.59. The monoisotopic (exact) mass is 444 g/mol. The molecule has 0 unspecified atom stereocenters. The maximum absolute atomic E-state index is 15.1. The molecule has 168 valence electrons. The van der Waals surface area contributed by atoms with Crippen molar-refractivity contribution in [2.75, 3.05) is 19.8 Å². The van der Waals surface area contributed by atoms with Gasteiger partial charge in [-0.25, -0.2) is 8.96 Å². The van der Waals surface area contributed by atoms with Gasteiger partial charge in [0.25, 0.3) is 0 Å². The molecule has 1 fully saturated rings. The summed E-state index contributed by atoms with van der Waals surface area (Å²) in [5, 5.41) is 0. The highest BCUT2D eigenvalue weighted by molar-refractivity contribution is 7.48. The third kappa shape index (κ3) is 7.98. The number of carbonyl (C=O) groups is 3. The van der Waals surface area contributed by atoms with Gasteiger partial charge in [0.2, 0.25) is 6.29 Å². The molecule has 0 aromatic carbocycles. The predicted octanol–water partition coefficient (Wildman–Crippen LogP) is 1.67. The minimum Gasteiger partial charge on any atom is -0.463 e. The number of ether oxygens (including phenoxy) is 4. The van der Waals surface area contributed by atoms with Crippen molar-refractivity contribution in [3.8, 4) is 0 Å². The van der Waals surface area contributed by atoms with Crippen molar-refractivity contribution in [3.63, 3.8) is 0 Å². The minimum atomic E-state index is -4.22. The van der Waals surface area contributed by atoms with Crippen molar-refractivity contribution in [2.45, 2.75) is 65.4 Å². The van der Waals surface area contributed by atoms with Gasteiger partial charge in [0.15, 0.2) is 18.4 Å². The highest BCUT2D eigenvalue weighted by Gasteiger charge is 2.53. The quantitative estimate of drug-likeness (QED) is 0.277. The van der Waals surface area contributed by atoms with Crippen molar-refractivity contribution >= 4 is 25.7 Å². The Morgan fingerprint density at radius 2 is 1.45 bits per heavy atom. The predicted molar refractivity (Wildman–Crippen MR) is 93.2 cm³/mol. The fraction of sp³-hybridized carbons (Fsp3) is 0.812. The van der Waals surface area contributed by atoms with Crippen molar-refractivity contribution in [1.82, 2.24) is 0 Å². The van der Waals surface area contributed by atoms with E-state index in [9.17, 15) is 18.9 Å². The second-order valence-corrected chi connectivity index (χ2v) is 7.45. The summed E-state index contributed by atoms with van der Waals surface area (Å²) in [6.07, 6.45) is -8.56. The van der Waals surface area contributed by atoms with Crippen LogP contribution < -0.4 is 0 Å². The molecule has 11 nitrogen and oxygen atoms in total. The molecule has 13 heteroatoms. The van der Waals surface area contributed by atoms with Crippen LogP contribution in [0.4, 0.5) is 4.39 Å². The van der Waals surface area contributed by atoms with E-state index in [-0.39, 0.29) is 13.2 Å². The fourth-order valence-electron chi connectivity index (χ4n) is 2.49. The highest BCUT2D eigenvalue weighted by atomic mass is 31.2. The molecule has 0 aromatic rings. The maximum Gasteiger partial charge on any atom is 0.477 e. The van der Waals surface area contributed by atoms with Crippen LogP contribution in [0.3, 0.4) is 0 Å².